The zero-order chi connectivity index (χ0) is 14.1. The number of carbonyl (C=O) groups is 1. The maximum absolute atomic E-state index is 12.4. The van der Waals surface area contributed by atoms with Crippen LogP contribution in [0.5, 0.6) is 0 Å². The highest BCUT2D eigenvalue weighted by molar-refractivity contribution is 9.10. The second-order valence-corrected chi connectivity index (χ2v) is 7.00. The van der Waals surface area contributed by atoms with Crippen LogP contribution in [0.15, 0.2) is 28.7 Å². The first-order valence-corrected chi connectivity index (χ1v) is 8.31. The summed E-state index contributed by atoms with van der Waals surface area (Å²) in [4.78, 5) is 14.2. The van der Waals surface area contributed by atoms with Gasteiger partial charge in [-0.15, -0.1) is 11.3 Å². The van der Waals surface area contributed by atoms with Crippen LogP contribution in [0.3, 0.4) is 0 Å². The number of halogens is 1. The summed E-state index contributed by atoms with van der Waals surface area (Å²) in [6.45, 7) is 0.279. The van der Waals surface area contributed by atoms with E-state index < -0.39 is 0 Å². The summed E-state index contributed by atoms with van der Waals surface area (Å²) in [6, 6.07) is 7.44. The van der Waals surface area contributed by atoms with Crippen molar-refractivity contribution in [2.75, 3.05) is 0 Å². The minimum absolute atomic E-state index is 0.0657. The van der Waals surface area contributed by atoms with Crippen molar-refractivity contribution in [2.45, 2.75) is 32.2 Å². The maximum atomic E-state index is 12.4. The van der Waals surface area contributed by atoms with Crippen molar-refractivity contribution in [2.24, 2.45) is 0 Å². The molecule has 0 radical (unpaired) electrons. The van der Waals surface area contributed by atoms with Crippen LogP contribution in [0.2, 0.25) is 0 Å². The Bertz CT molecular complexity index is 717. The van der Waals surface area contributed by atoms with E-state index in [4.69, 9.17) is 5.41 Å². The first kappa shape index (κ1) is 13.8. The van der Waals surface area contributed by atoms with E-state index in [2.05, 4.69) is 15.9 Å². The van der Waals surface area contributed by atoms with Gasteiger partial charge in [-0.05, 0) is 37.8 Å². The van der Waals surface area contributed by atoms with Crippen molar-refractivity contribution >= 4 is 33.0 Å². The second kappa shape index (κ2) is 5.66. The van der Waals surface area contributed by atoms with Crippen LogP contribution >= 0.6 is 27.3 Å². The Kier molecular flexibility index (Phi) is 3.89. The lowest BCUT2D eigenvalue weighted by atomic mass is 10.0. The number of Topliss-reactive ketones (excluding diaryl/α,β-unsaturated/α-hetero) is 1. The van der Waals surface area contributed by atoms with Crippen molar-refractivity contribution in [3.63, 3.8) is 0 Å². The molecule has 0 amide bonds. The predicted molar refractivity (Wildman–Crippen MR) is 83.3 cm³/mol. The summed E-state index contributed by atoms with van der Waals surface area (Å²) in [5, 5.41) is 8.08. The number of rotatable bonds is 3. The fourth-order valence-corrected chi connectivity index (χ4v) is 4.11. The Labute approximate surface area is 129 Å². The van der Waals surface area contributed by atoms with Gasteiger partial charge >= 0.3 is 0 Å². The van der Waals surface area contributed by atoms with E-state index in [0.717, 1.165) is 23.7 Å². The SMILES string of the molecule is N=c1sc2c(n1CC(=O)c1cccc(Br)c1)CCCC2. The summed E-state index contributed by atoms with van der Waals surface area (Å²) in [5.74, 6) is 0.0657. The molecule has 5 heteroatoms. The third kappa shape index (κ3) is 2.65. The minimum atomic E-state index is 0.0657. The lowest BCUT2D eigenvalue weighted by Crippen LogP contribution is -2.22. The molecular weight excluding hydrogens is 336 g/mol. The van der Waals surface area contributed by atoms with Crippen molar-refractivity contribution < 1.29 is 4.79 Å². The Morgan fingerprint density at radius 1 is 1.35 bits per heavy atom. The molecule has 1 aliphatic carbocycles. The number of fused-ring (bicyclic) bond motifs is 1. The molecule has 0 atom stereocenters. The van der Waals surface area contributed by atoms with Crippen LogP contribution in [-0.4, -0.2) is 10.4 Å². The van der Waals surface area contributed by atoms with Gasteiger partial charge < -0.3 is 4.57 Å². The molecule has 104 valence electrons. The highest BCUT2D eigenvalue weighted by Crippen LogP contribution is 2.23. The molecule has 0 fully saturated rings. The Morgan fingerprint density at radius 3 is 2.95 bits per heavy atom. The summed E-state index contributed by atoms with van der Waals surface area (Å²) in [7, 11) is 0. The lowest BCUT2D eigenvalue weighted by Gasteiger charge is -2.14. The van der Waals surface area contributed by atoms with Crippen LogP contribution in [-0.2, 0) is 19.4 Å². The molecule has 1 heterocycles. The Hall–Kier alpha value is -1.20. The van der Waals surface area contributed by atoms with E-state index in [1.54, 1.807) is 0 Å². The van der Waals surface area contributed by atoms with E-state index in [1.807, 2.05) is 28.8 Å². The third-order valence-corrected chi connectivity index (χ3v) is 5.22. The number of nitrogens with one attached hydrogen (secondary N) is 1. The molecule has 1 aromatic carbocycles. The number of nitrogens with zero attached hydrogens (tertiary/aromatic N) is 1. The molecule has 3 rings (SSSR count). The summed E-state index contributed by atoms with van der Waals surface area (Å²) >= 11 is 4.91. The standard InChI is InChI=1S/C15H15BrN2OS/c16-11-5-3-4-10(8-11)13(19)9-18-12-6-1-2-7-14(12)20-15(18)17/h3-5,8,17H,1-2,6-7,9H2. The van der Waals surface area contributed by atoms with Crippen LogP contribution in [0.25, 0.3) is 0 Å². The second-order valence-electron chi connectivity index (χ2n) is 5.00. The van der Waals surface area contributed by atoms with E-state index in [1.165, 1.54) is 28.3 Å². The Balaban J connectivity index is 1.90. The molecule has 3 nitrogen and oxygen atoms in total. The average molecular weight is 351 g/mol. The van der Waals surface area contributed by atoms with Crippen LogP contribution in [0.4, 0.5) is 0 Å². The molecule has 1 aliphatic rings. The number of hydrogen-bond donors (Lipinski definition) is 1. The molecule has 1 aromatic heterocycles. The highest BCUT2D eigenvalue weighted by atomic mass is 79.9. The number of carbonyl (C=O) groups excluding carboxylic acids is 1. The number of thiazole rings is 1. The van der Waals surface area contributed by atoms with Gasteiger partial charge in [0.2, 0.25) is 0 Å². The molecule has 0 unspecified atom stereocenters. The fourth-order valence-electron chi connectivity index (χ4n) is 2.62. The molecule has 0 saturated carbocycles. The average Bonchev–Trinajstić information content (AvgIpc) is 2.75. The molecular formula is C15H15BrN2OS. The molecule has 1 N–H and O–H groups in total. The normalized spacial score (nSPS) is 14.1. The van der Waals surface area contributed by atoms with Crippen molar-refractivity contribution in [1.82, 2.24) is 4.57 Å². The van der Waals surface area contributed by atoms with Gasteiger partial charge in [0.15, 0.2) is 10.6 Å². The van der Waals surface area contributed by atoms with Gasteiger partial charge in [-0.3, -0.25) is 10.2 Å². The van der Waals surface area contributed by atoms with E-state index in [-0.39, 0.29) is 12.3 Å². The minimum Gasteiger partial charge on any atom is -0.313 e. The lowest BCUT2D eigenvalue weighted by molar-refractivity contribution is 0.0969. The van der Waals surface area contributed by atoms with Crippen LogP contribution in [0.1, 0.15) is 33.8 Å². The first-order chi connectivity index (χ1) is 9.65. The Morgan fingerprint density at radius 2 is 2.15 bits per heavy atom. The number of benzene rings is 1. The van der Waals surface area contributed by atoms with Crippen molar-refractivity contribution in [1.29, 1.82) is 5.41 Å². The van der Waals surface area contributed by atoms with Gasteiger partial charge in [-0.1, -0.05) is 28.1 Å². The van der Waals surface area contributed by atoms with Gasteiger partial charge in [-0.2, -0.15) is 0 Å². The van der Waals surface area contributed by atoms with Gasteiger partial charge in [-0.25, -0.2) is 0 Å². The van der Waals surface area contributed by atoms with Crippen LogP contribution in [0, 0.1) is 5.41 Å². The number of aryl methyl sites for hydroxylation is 1. The number of aromatic nitrogens is 1. The monoisotopic (exact) mass is 350 g/mol. The van der Waals surface area contributed by atoms with Crippen molar-refractivity contribution in [3.05, 3.63) is 49.7 Å². The van der Waals surface area contributed by atoms with Gasteiger partial charge in [0.25, 0.3) is 0 Å². The van der Waals surface area contributed by atoms with Gasteiger partial charge in [0.1, 0.15) is 0 Å². The molecule has 0 saturated heterocycles. The highest BCUT2D eigenvalue weighted by Gasteiger charge is 2.18. The number of hydrogen-bond acceptors (Lipinski definition) is 3. The van der Waals surface area contributed by atoms with E-state index in [0.29, 0.717) is 10.4 Å². The van der Waals surface area contributed by atoms with Gasteiger partial charge in [0, 0.05) is 20.6 Å². The summed E-state index contributed by atoms with van der Waals surface area (Å²) in [6.07, 6.45) is 4.42. The molecule has 0 bridgehead atoms. The maximum Gasteiger partial charge on any atom is 0.182 e. The van der Waals surface area contributed by atoms with Crippen molar-refractivity contribution in [3.8, 4) is 0 Å². The predicted octanol–water partition coefficient (Wildman–Crippen LogP) is 3.55. The summed E-state index contributed by atoms with van der Waals surface area (Å²) < 4.78 is 2.80. The first-order valence-electron chi connectivity index (χ1n) is 6.70. The quantitative estimate of drug-likeness (QED) is 0.845. The fraction of sp³-hybridized carbons (Fsp3) is 0.333. The largest absolute Gasteiger partial charge is 0.313 e. The zero-order valence-corrected chi connectivity index (χ0v) is 13.4. The van der Waals surface area contributed by atoms with E-state index >= 15 is 0 Å². The van der Waals surface area contributed by atoms with Crippen LogP contribution < -0.4 is 4.80 Å². The van der Waals surface area contributed by atoms with E-state index in [9.17, 15) is 4.79 Å². The topological polar surface area (TPSA) is 45.9 Å². The molecule has 0 aliphatic heterocycles. The number of ketones is 1. The smallest absolute Gasteiger partial charge is 0.182 e. The summed E-state index contributed by atoms with van der Waals surface area (Å²) in [5.41, 5.74) is 1.90. The molecule has 2 aromatic rings. The molecule has 0 spiro atoms. The zero-order valence-electron chi connectivity index (χ0n) is 11.0. The molecule has 20 heavy (non-hydrogen) atoms. The van der Waals surface area contributed by atoms with Gasteiger partial charge in [0.05, 0.1) is 6.54 Å². The third-order valence-electron chi connectivity index (χ3n) is 3.63.